The number of hydrogen-bond donors (Lipinski definition) is 1. The zero-order valence-electron chi connectivity index (χ0n) is 13.1. The maximum Gasteiger partial charge on any atom is 0.214 e. The SMILES string of the molecule is CC.CC(N)=O.CCCc1cc(C)c(C)cc1C. The van der Waals surface area contributed by atoms with Crippen LogP contribution < -0.4 is 5.73 Å². The van der Waals surface area contributed by atoms with Gasteiger partial charge in [-0.05, 0) is 49.4 Å². The highest BCUT2D eigenvalue weighted by molar-refractivity contribution is 5.70. The summed E-state index contributed by atoms with van der Waals surface area (Å²) in [6.45, 7) is 14.1. The van der Waals surface area contributed by atoms with Crippen LogP contribution in [-0.4, -0.2) is 5.91 Å². The van der Waals surface area contributed by atoms with Gasteiger partial charge in [-0.1, -0.05) is 39.3 Å². The first-order valence-corrected chi connectivity index (χ1v) is 6.71. The van der Waals surface area contributed by atoms with E-state index in [1.807, 2.05) is 13.8 Å². The number of primary amides is 1. The van der Waals surface area contributed by atoms with Crippen LogP contribution in [0.3, 0.4) is 0 Å². The van der Waals surface area contributed by atoms with Gasteiger partial charge in [0.1, 0.15) is 0 Å². The second-order valence-corrected chi connectivity index (χ2v) is 4.22. The first-order chi connectivity index (χ1) is 8.38. The second-order valence-electron chi connectivity index (χ2n) is 4.22. The molecule has 0 aliphatic heterocycles. The van der Waals surface area contributed by atoms with Gasteiger partial charge in [0.2, 0.25) is 5.91 Å². The minimum atomic E-state index is -0.333. The molecule has 0 fully saturated rings. The van der Waals surface area contributed by atoms with Crippen molar-refractivity contribution in [1.29, 1.82) is 0 Å². The lowest BCUT2D eigenvalue weighted by molar-refractivity contribution is -0.115. The summed E-state index contributed by atoms with van der Waals surface area (Å²) in [7, 11) is 0. The number of aryl methyl sites for hydroxylation is 4. The first kappa shape index (κ1) is 19.0. The number of nitrogens with two attached hydrogens (primary N) is 1. The number of amides is 1. The number of rotatable bonds is 2. The first-order valence-electron chi connectivity index (χ1n) is 6.71. The predicted octanol–water partition coefficient (Wildman–Crippen LogP) is 4.08. The molecule has 104 valence electrons. The third-order valence-electron chi connectivity index (χ3n) is 2.47. The average Bonchev–Trinajstić information content (AvgIpc) is 2.28. The number of benzene rings is 1. The molecule has 1 aromatic rings. The highest BCUT2D eigenvalue weighted by Crippen LogP contribution is 2.16. The van der Waals surface area contributed by atoms with Gasteiger partial charge in [-0.3, -0.25) is 4.79 Å². The predicted molar refractivity (Wildman–Crippen MR) is 80.9 cm³/mol. The highest BCUT2D eigenvalue weighted by atomic mass is 16.1. The molecule has 0 saturated carbocycles. The van der Waals surface area contributed by atoms with Crippen molar-refractivity contribution in [1.82, 2.24) is 0 Å². The van der Waals surface area contributed by atoms with E-state index in [0.29, 0.717) is 0 Å². The maximum atomic E-state index is 9.22. The van der Waals surface area contributed by atoms with Crippen LogP contribution >= 0.6 is 0 Å². The van der Waals surface area contributed by atoms with Crippen molar-refractivity contribution in [2.45, 2.75) is 61.3 Å². The minimum absolute atomic E-state index is 0.333. The van der Waals surface area contributed by atoms with Gasteiger partial charge >= 0.3 is 0 Å². The fraction of sp³-hybridized carbons (Fsp3) is 0.562. The van der Waals surface area contributed by atoms with Gasteiger partial charge in [0.15, 0.2) is 0 Å². The lowest BCUT2D eigenvalue weighted by Crippen LogP contribution is -2.01. The second kappa shape index (κ2) is 10.8. The monoisotopic (exact) mass is 251 g/mol. The van der Waals surface area contributed by atoms with Gasteiger partial charge < -0.3 is 5.73 Å². The molecule has 0 atom stereocenters. The molecule has 0 aliphatic rings. The van der Waals surface area contributed by atoms with Crippen molar-refractivity contribution in [2.24, 2.45) is 5.73 Å². The van der Waals surface area contributed by atoms with E-state index in [2.05, 4.69) is 45.6 Å². The summed E-state index contributed by atoms with van der Waals surface area (Å²) in [5.41, 5.74) is 10.3. The van der Waals surface area contributed by atoms with Crippen molar-refractivity contribution in [2.75, 3.05) is 0 Å². The van der Waals surface area contributed by atoms with Gasteiger partial charge in [-0.2, -0.15) is 0 Å². The summed E-state index contributed by atoms with van der Waals surface area (Å²) < 4.78 is 0. The molecule has 18 heavy (non-hydrogen) atoms. The van der Waals surface area contributed by atoms with E-state index < -0.39 is 0 Å². The molecular formula is C16H29NO. The van der Waals surface area contributed by atoms with E-state index >= 15 is 0 Å². The normalized spacial score (nSPS) is 8.61. The summed E-state index contributed by atoms with van der Waals surface area (Å²) in [5.74, 6) is -0.333. The molecule has 0 bridgehead atoms. The van der Waals surface area contributed by atoms with E-state index in [-0.39, 0.29) is 5.91 Å². The number of carbonyl (C=O) groups excluding carboxylic acids is 1. The third kappa shape index (κ3) is 8.80. The minimum Gasteiger partial charge on any atom is -0.370 e. The molecule has 1 rings (SSSR count). The Morgan fingerprint density at radius 1 is 1.06 bits per heavy atom. The van der Waals surface area contributed by atoms with Crippen LogP contribution in [0.1, 0.15) is 56.4 Å². The Bertz CT molecular complexity index is 352. The van der Waals surface area contributed by atoms with E-state index in [1.165, 1.54) is 42.0 Å². The molecular weight excluding hydrogens is 222 g/mol. The summed E-state index contributed by atoms with van der Waals surface area (Å²) in [4.78, 5) is 9.22. The van der Waals surface area contributed by atoms with Crippen molar-refractivity contribution < 1.29 is 4.79 Å². The van der Waals surface area contributed by atoms with Crippen LogP contribution in [0, 0.1) is 20.8 Å². The molecule has 2 N–H and O–H groups in total. The Morgan fingerprint density at radius 3 is 1.83 bits per heavy atom. The largest absolute Gasteiger partial charge is 0.370 e. The van der Waals surface area contributed by atoms with Crippen LogP contribution in [0.25, 0.3) is 0 Å². The molecule has 0 unspecified atom stereocenters. The van der Waals surface area contributed by atoms with Crippen molar-refractivity contribution in [3.05, 3.63) is 34.4 Å². The molecule has 2 nitrogen and oxygen atoms in total. The maximum absolute atomic E-state index is 9.22. The summed E-state index contributed by atoms with van der Waals surface area (Å²) in [6, 6.07) is 4.62. The average molecular weight is 251 g/mol. The van der Waals surface area contributed by atoms with Gasteiger partial charge in [0, 0.05) is 6.92 Å². The van der Waals surface area contributed by atoms with E-state index in [4.69, 9.17) is 0 Å². The molecule has 0 saturated heterocycles. The van der Waals surface area contributed by atoms with E-state index in [1.54, 1.807) is 0 Å². The zero-order chi connectivity index (χ0) is 14.7. The number of carbonyl (C=O) groups is 1. The molecule has 0 heterocycles. The standard InChI is InChI=1S/C12H18.C2H5NO.C2H6/c1-5-6-12-8-10(3)9(2)7-11(12)4;1-2(3)4;1-2/h7-8H,5-6H2,1-4H3;1H3,(H2,3,4);1-2H3. The van der Waals surface area contributed by atoms with Gasteiger partial charge in [-0.15, -0.1) is 0 Å². The molecule has 1 aromatic carbocycles. The quantitative estimate of drug-likeness (QED) is 0.845. The van der Waals surface area contributed by atoms with E-state index in [0.717, 1.165) is 0 Å². The van der Waals surface area contributed by atoms with Gasteiger partial charge in [0.05, 0.1) is 0 Å². The summed E-state index contributed by atoms with van der Waals surface area (Å²) in [6.07, 6.45) is 2.45. The fourth-order valence-electron chi connectivity index (χ4n) is 1.56. The Morgan fingerprint density at radius 2 is 1.44 bits per heavy atom. The summed E-state index contributed by atoms with van der Waals surface area (Å²) in [5, 5.41) is 0. The summed E-state index contributed by atoms with van der Waals surface area (Å²) >= 11 is 0. The smallest absolute Gasteiger partial charge is 0.214 e. The Labute approximate surface area is 113 Å². The molecule has 2 heteroatoms. The third-order valence-corrected chi connectivity index (χ3v) is 2.47. The Hall–Kier alpha value is -1.31. The molecule has 0 aromatic heterocycles. The highest BCUT2D eigenvalue weighted by Gasteiger charge is 1.99. The molecule has 0 spiro atoms. The van der Waals surface area contributed by atoms with Crippen molar-refractivity contribution >= 4 is 5.91 Å². The molecule has 1 amide bonds. The Kier molecular flexibility index (Phi) is 11.4. The fourth-order valence-corrected chi connectivity index (χ4v) is 1.56. The van der Waals surface area contributed by atoms with Crippen molar-refractivity contribution in [3.8, 4) is 0 Å². The van der Waals surface area contributed by atoms with Crippen LogP contribution in [0.15, 0.2) is 12.1 Å². The van der Waals surface area contributed by atoms with Crippen LogP contribution in [0.2, 0.25) is 0 Å². The van der Waals surface area contributed by atoms with Gasteiger partial charge in [0.25, 0.3) is 0 Å². The zero-order valence-corrected chi connectivity index (χ0v) is 13.1. The lowest BCUT2D eigenvalue weighted by Gasteiger charge is -2.08. The van der Waals surface area contributed by atoms with Crippen molar-refractivity contribution in [3.63, 3.8) is 0 Å². The Balaban J connectivity index is 0. The molecule has 0 aliphatic carbocycles. The van der Waals surface area contributed by atoms with Crippen LogP contribution in [0.5, 0.6) is 0 Å². The van der Waals surface area contributed by atoms with E-state index in [9.17, 15) is 4.79 Å². The van der Waals surface area contributed by atoms with Gasteiger partial charge in [-0.25, -0.2) is 0 Å². The number of hydrogen-bond acceptors (Lipinski definition) is 1. The lowest BCUT2D eigenvalue weighted by atomic mass is 9.98. The van der Waals surface area contributed by atoms with Crippen LogP contribution in [0.4, 0.5) is 0 Å². The molecule has 0 radical (unpaired) electrons. The topological polar surface area (TPSA) is 43.1 Å². The van der Waals surface area contributed by atoms with Crippen LogP contribution in [-0.2, 0) is 11.2 Å².